The summed E-state index contributed by atoms with van der Waals surface area (Å²) >= 11 is 0. The predicted octanol–water partition coefficient (Wildman–Crippen LogP) is 1.81. The Morgan fingerprint density at radius 3 is 2.14 bits per heavy atom. The molecule has 0 fully saturated rings. The van der Waals surface area contributed by atoms with Crippen LogP contribution in [0.15, 0.2) is 24.3 Å². The predicted molar refractivity (Wildman–Crippen MR) is 61.4 cm³/mol. The van der Waals surface area contributed by atoms with Gasteiger partial charge in [0.15, 0.2) is 0 Å². The van der Waals surface area contributed by atoms with E-state index in [-0.39, 0.29) is 0 Å². The second-order valence-electron chi connectivity index (χ2n) is 3.99. The fourth-order valence-corrected chi connectivity index (χ4v) is 1.54. The van der Waals surface area contributed by atoms with E-state index in [4.69, 9.17) is 11.5 Å². The van der Waals surface area contributed by atoms with Crippen molar-refractivity contribution in [1.29, 1.82) is 0 Å². The minimum atomic E-state index is 0.300. The molecule has 0 bridgehead atoms. The highest BCUT2D eigenvalue weighted by atomic mass is 14.6. The summed E-state index contributed by atoms with van der Waals surface area (Å²) in [6, 6.07) is 8.56. The first-order valence-corrected chi connectivity index (χ1v) is 5.19. The van der Waals surface area contributed by atoms with Crippen molar-refractivity contribution in [2.45, 2.75) is 25.7 Å². The van der Waals surface area contributed by atoms with Gasteiger partial charge in [-0.25, -0.2) is 0 Å². The van der Waals surface area contributed by atoms with E-state index in [1.165, 1.54) is 11.1 Å². The SMILES string of the molecule is CC(C)c1cccc(C(CN)CN)c1. The van der Waals surface area contributed by atoms with E-state index < -0.39 is 0 Å². The summed E-state index contributed by atoms with van der Waals surface area (Å²) in [4.78, 5) is 0. The van der Waals surface area contributed by atoms with E-state index >= 15 is 0 Å². The Hall–Kier alpha value is -0.860. The van der Waals surface area contributed by atoms with E-state index in [0.717, 1.165) is 0 Å². The quantitative estimate of drug-likeness (QED) is 0.764. The molecule has 0 atom stereocenters. The van der Waals surface area contributed by atoms with E-state index in [1.807, 2.05) is 0 Å². The highest BCUT2D eigenvalue weighted by Crippen LogP contribution is 2.20. The number of rotatable bonds is 4. The monoisotopic (exact) mass is 192 g/mol. The Bertz CT molecular complexity index is 277. The fourth-order valence-electron chi connectivity index (χ4n) is 1.54. The molecule has 0 aliphatic carbocycles. The molecule has 14 heavy (non-hydrogen) atoms. The summed E-state index contributed by atoms with van der Waals surface area (Å²) in [6.07, 6.45) is 0. The first kappa shape index (κ1) is 11.2. The van der Waals surface area contributed by atoms with Crippen molar-refractivity contribution in [3.8, 4) is 0 Å². The van der Waals surface area contributed by atoms with Crippen LogP contribution in [0.4, 0.5) is 0 Å². The summed E-state index contributed by atoms with van der Waals surface area (Å²) in [5.41, 5.74) is 13.9. The third kappa shape index (κ3) is 2.56. The third-order valence-electron chi connectivity index (χ3n) is 2.62. The molecule has 2 nitrogen and oxygen atoms in total. The van der Waals surface area contributed by atoms with Crippen LogP contribution in [0.2, 0.25) is 0 Å². The molecule has 78 valence electrons. The van der Waals surface area contributed by atoms with Gasteiger partial charge in [-0.15, -0.1) is 0 Å². The zero-order valence-corrected chi connectivity index (χ0v) is 9.03. The van der Waals surface area contributed by atoms with Gasteiger partial charge in [-0.2, -0.15) is 0 Å². The van der Waals surface area contributed by atoms with Crippen LogP contribution in [-0.4, -0.2) is 13.1 Å². The van der Waals surface area contributed by atoms with Crippen LogP contribution >= 0.6 is 0 Å². The Morgan fingerprint density at radius 2 is 1.64 bits per heavy atom. The number of hydrogen-bond donors (Lipinski definition) is 2. The zero-order chi connectivity index (χ0) is 10.6. The zero-order valence-electron chi connectivity index (χ0n) is 9.03. The molecule has 0 aliphatic rings. The standard InChI is InChI=1S/C12H20N2/c1-9(2)10-4-3-5-11(6-10)12(7-13)8-14/h3-6,9,12H,7-8,13-14H2,1-2H3. The van der Waals surface area contributed by atoms with E-state index in [1.54, 1.807) is 0 Å². The van der Waals surface area contributed by atoms with Crippen LogP contribution in [0.5, 0.6) is 0 Å². The van der Waals surface area contributed by atoms with Gasteiger partial charge in [0.2, 0.25) is 0 Å². The minimum absolute atomic E-state index is 0.300. The number of nitrogens with two attached hydrogens (primary N) is 2. The van der Waals surface area contributed by atoms with Gasteiger partial charge < -0.3 is 11.5 Å². The lowest BCUT2D eigenvalue weighted by molar-refractivity contribution is 0.705. The number of benzene rings is 1. The first-order valence-electron chi connectivity index (χ1n) is 5.19. The van der Waals surface area contributed by atoms with Crippen LogP contribution in [0.25, 0.3) is 0 Å². The van der Waals surface area contributed by atoms with Gasteiger partial charge in [0.25, 0.3) is 0 Å². The van der Waals surface area contributed by atoms with Gasteiger partial charge in [0, 0.05) is 19.0 Å². The normalized spacial score (nSPS) is 11.3. The third-order valence-corrected chi connectivity index (χ3v) is 2.62. The van der Waals surface area contributed by atoms with Crippen molar-refractivity contribution >= 4 is 0 Å². The highest BCUT2D eigenvalue weighted by Gasteiger charge is 2.08. The van der Waals surface area contributed by atoms with Crippen LogP contribution in [0.3, 0.4) is 0 Å². The lowest BCUT2D eigenvalue weighted by Gasteiger charge is -2.14. The molecule has 2 heteroatoms. The van der Waals surface area contributed by atoms with Crippen LogP contribution in [0, 0.1) is 0 Å². The summed E-state index contributed by atoms with van der Waals surface area (Å²) in [5, 5.41) is 0. The van der Waals surface area contributed by atoms with E-state index in [0.29, 0.717) is 24.9 Å². The van der Waals surface area contributed by atoms with E-state index in [2.05, 4.69) is 38.1 Å². The lowest BCUT2D eigenvalue weighted by atomic mass is 9.94. The molecule has 1 aromatic carbocycles. The topological polar surface area (TPSA) is 52.0 Å². The second-order valence-corrected chi connectivity index (χ2v) is 3.99. The van der Waals surface area contributed by atoms with Crippen molar-refractivity contribution in [3.05, 3.63) is 35.4 Å². The Kier molecular flexibility index (Phi) is 4.11. The fraction of sp³-hybridized carbons (Fsp3) is 0.500. The largest absolute Gasteiger partial charge is 0.330 e. The summed E-state index contributed by atoms with van der Waals surface area (Å²) in [6.45, 7) is 5.63. The molecule has 0 radical (unpaired) electrons. The lowest BCUT2D eigenvalue weighted by Crippen LogP contribution is -2.21. The summed E-state index contributed by atoms with van der Waals surface area (Å²) < 4.78 is 0. The molecule has 0 aliphatic heterocycles. The molecule has 1 rings (SSSR count). The molecule has 1 aromatic rings. The van der Waals surface area contributed by atoms with Gasteiger partial charge in [-0.1, -0.05) is 38.1 Å². The van der Waals surface area contributed by atoms with Gasteiger partial charge in [-0.3, -0.25) is 0 Å². The number of hydrogen-bond acceptors (Lipinski definition) is 2. The van der Waals surface area contributed by atoms with Crippen molar-refractivity contribution in [2.75, 3.05) is 13.1 Å². The van der Waals surface area contributed by atoms with Crippen LogP contribution in [-0.2, 0) is 0 Å². The molecule has 0 saturated heterocycles. The van der Waals surface area contributed by atoms with E-state index in [9.17, 15) is 0 Å². The maximum absolute atomic E-state index is 5.66. The van der Waals surface area contributed by atoms with Crippen molar-refractivity contribution in [3.63, 3.8) is 0 Å². The molecule has 0 saturated carbocycles. The van der Waals surface area contributed by atoms with Crippen LogP contribution in [0.1, 0.15) is 36.8 Å². The smallest absolute Gasteiger partial charge is 0.00842 e. The molecule has 0 spiro atoms. The maximum atomic E-state index is 5.66. The first-order chi connectivity index (χ1) is 6.69. The van der Waals surface area contributed by atoms with Gasteiger partial charge in [0.05, 0.1) is 0 Å². The molecule has 0 unspecified atom stereocenters. The summed E-state index contributed by atoms with van der Waals surface area (Å²) in [5.74, 6) is 0.861. The summed E-state index contributed by atoms with van der Waals surface area (Å²) in [7, 11) is 0. The molecule has 4 N–H and O–H groups in total. The average Bonchev–Trinajstić information content (AvgIpc) is 2.20. The van der Waals surface area contributed by atoms with Crippen molar-refractivity contribution in [1.82, 2.24) is 0 Å². The Labute approximate surface area is 86.3 Å². The second kappa shape index (κ2) is 5.13. The average molecular weight is 192 g/mol. The van der Waals surface area contributed by atoms with Gasteiger partial charge in [-0.05, 0) is 17.0 Å². The highest BCUT2D eigenvalue weighted by molar-refractivity contribution is 5.28. The van der Waals surface area contributed by atoms with Gasteiger partial charge in [0.1, 0.15) is 0 Å². The van der Waals surface area contributed by atoms with Gasteiger partial charge >= 0.3 is 0 Å². The van der Waals surface area contributed by atoms with Crippen molar-refractivity contribution < 1.29 is 0 Å². The molecule has 0 heterocycles. The molecular formula is C12H20N2. The molecular weight excluding hydrogens is 172 g/mol. The van der Waals surface area contributed by atoms with Crippen LogP contribution < -0.4 is 11.5 Å². The Balaban J connectivity index is 2.92. The molecule has 0 amide bonds. The Morgan fingerprint density at radius 1 is 1.07 bits per heavy atom. The minimum Gasteiger partial charge on any atom is -0.330 e. The molecule has 0 aromatic heterocycles. The maximum Gasteiger partial charge on any atom is 0.00842 e. The van der Waals surface area contributed by atoms with Crippen molar-refractivity contribution in [2.24, 2.45) is 11.5 Å².